The van der Waals surface area contributed by atoms with Gasteiger partial charge in [-0.05, 0) is 48.8 Å². The molecule has 19 heavy (non-hydrogen) atoms. The molecule has 1 atom stereocenters. The van der Waals surface area contributed by atoms with Crippen molar-refractivity contribution in [1.82, 2.24) is 0 Å². The molecule has 0 heterocycles. The number of anilines is 1. The van der Waals surface area contributed by atoms with E-state index in [1.165, 1.54) is 37.7 Å². The first-order valence-electron chi connectivity index (χ1n) is 7.41. The van der Waals surface area contributed by atoms with Crippen LogP contribution < -0.4 is 11.1 Å². The summed E-state index contributed by atoms with van der Waals surface area (Å²) in [6, 6.07) is 8.84. The van der Waals surface area contributed by atoms with Gasteiger partial charge in [-0.2, -0.15) is 0 Å². The predicted molar refractivity (Wildman–Crippen MR) is 80.4 cm³/mol. The lowest BCUT2D eigenvalue weighted by Gasteiger charge is -2.08. The maximum atomic E-state index is 6.03. The summed E-state index contributed by atoms with van der Waals surface area (Å²) in [6.07, 6.45) is 7.72. The average Bonchev–Trinajstić information content (AvgIpc) is 2.85. The molecule has 1 aromatic carbocycles. The number of rotatable bonds is 3. The van der Waals surface area contributed by atoms with E-state index >= 15 is 0 Å². The Morgan fingerprint density at radius 1 is 1.42 bits per heavy atom. The molecule has 3 nitrogen and oxygen atoms in total. The van der Waals surface area contributed by atoms with E-state index in [2.05, 4.69) is 35.4 Å². The summed E-state index contributed by atoms with van der Waals surface area (Å²) in [5.41, 5.74) is 8.91. The van der Waals surface area contributed by atoms with Crippen LogP contribution in [0.1, 0.15) is 44.6 Å². The Kier molecular flexibility index (Phi) is 3.21. The van der Waals surface area contributed by atoms with Gasteiger partial charge in [0.2, 0.25) is 0 Å². The maximum absolute atomic E-state index is 6.03. The van der Waals surface area contributed by atoms with Crippen LogP contribution in [0.15, 0.2) is 29.3 Å². The van der Waals surface area contributed by atoms with Crippen molar-refractivity contribution in [3.63, 3.8) is 0 Å². The van der Waals surface area contributed by atoms with Crippen LogP contribution in [-0.4, -0.2) is 12.0 Å². The van der Waals surface area contributed by atoms with E-state index in [0.717, 1.165) is 12.1 Å². The monoisotopic (exact) mass is 257 g/mol. The Morgan fingerprint density at radius 3 is 2.95 bits per heavy atom. The highest BCUT2D eigenvalue weighted by Gasteiger charge is 2.55. The van der Waals surface area contributed by atoms with Crippen LogP contribution >= 0.6 is 0 Å². The SMILES string of the molecule is CCc1cccc(NC(N)=NC2CC23CCCC3)c1. The van der Waals surface area contributed by atoms with Gasteiger partial charge in [0.05, 0.1) is 6.04 Å². The van der Waals surface area contributed by atoms with Crippen LogP contribution in [-0.2, 0) is 6.42 Å². The Labute approximate surface area is 115 Å². The van der Waals surface area contributed by atoms with Crippen molar-refractivity contribution in [1.29, 1.82) is 0 Å². The molecule has 0 radical (unpaired) electrons. The molecule has 2 aliphatic rings. The summed E-state index contributed by atoms with van der Waals surface area (Å²) in [7, 11) is 0. The Balaban J connectivity index is 1.63. The number of nitrogens with two attached hydrogens (primary N) is 1. The van der Waals surface area contributed by atoms with E-state index in [1.54, 1.807) is 0 Å². The lowest BCUT2D eigenvalue weighted by Crippen LogP contribution is -2.23. The molecule has 1 unspecified atom stereocenters. The van der Waals surface area contributed by atoms with Gasteiger partial charge in [-0.25, -0.2) is 4.99 Å². The van der Waals surface area contributed by atoms with Crippen molar-refractivity contribution in [2.75, 3.05) is 5.32 Å². The van der Waals surface area contributed by atoms with Crippen molar-refractivity contribution in [3.05, 3.63) is 29.8 Å². The smallest absolute Gasteiger partial charge is 0.193 e. The molecular weight excluding hydrogens is 234 g/mol. The Bertz CT molecular complexity index is 487. The number of nitrogens with one attached hydrogen (secondary N) is 1. The molecule has 0 bridgehead atoms. The number of benzene rings is 1. The van der Waals surface area contributed by atoms with Crippen molar-refractivity contribution >= 4 is 11.6 Å². The normalized spacial score (nSPS) is 24.7. The van der Waals surface area contributed by atoms with E-state index < -0.39 is 0 Å². The topological polar surface area (TPSA) is 50.4 Å². The summed E-state index contributed by atoms with van der Waals surface area (Å²) in [4.78, 5) is 4.66. The van der Waals surface area contributed by atoms with Gasteiger partial charge in [-0.15, -0.1) is 0 Å². The molecule has 0 aliphatic heterocycles. The van der Waals surface area contributed by atoms with Gasteiger partial charge in [0.15, 0.2) is 5.96 Å². The molecule has 2 aliphatic carbocycles. The standard InChI is InChI=1S/C16H23N3/c1-2-12-6-5-7-13(10-12)18-15(17)19-14-11-16(14)8-3-4-9-16/h5-7,10,14H,2-4,8-9,11H2,1H3,(H3,17,18,19). The predicted octanol–water partition coefficient (Wildman–Crippen LogP) is 3.31. The van der Waals surface area contributed by atoms with Gasteiger partial charge in [0.1, 0.15) is 0 Å². The number of hydrogen-bond acceptors (Lipinski definition) is 1. The summed E-state index contributed by atoms with van der Waals surface area (Å²) in [6.45, 7) is 2.16. The third kappa shape index (κ3) is 2.60. The van der Waals surface area contributed by atoms with E-state index in [0.29, 0.717) is 17.4 Å². The van der Waals surface area contributed by atoms with Crippen LogP contribution in [0.5, 0.6) is 0 Å². The number of guanidine groups is 1. The lowest BCUT2D eigenvalue weighted by molar-refractivity contribution is 0.511. The number of hydrogen-bond donors (Lipinski definition) is 2. The minimum absolute atomic E-state index is 0.469. The zero-order valence-corrected chi connectivity index (χ0v) is 11.7. The highest BCUT2D eigenvalue weighted by molar-refractivity contribution is 5.92. The van der Waals surface area contributed by atoms with E-state index in [1.807, 2.05) is 6.07 Å². The zero-order valence-electron chi connectivity index (χ0n) is 11.7. The van der Waals surface area contributed by atoms with Crippen LogP contribution in [0.25, 0.3) is 0 Å². The van der Waals surface area contributed by atoms with Crippen LogP contribution in [0.3, 0.4) is 0 Å². The zero-order chi connectivity index (χ0) is 13.3. The van der Waals surface area contributed by atoms with Gasteiger partial charge < -0.3 is 11.1 Å². The third-order valence-corrected chi connectivity index (χ3v) is 4.65. The summed E-state index contributed by atoms with van der Waals surface area (Å²) >= 11 is 0. The summed E-state index contributed by atoms with van der Waals surface area (Å²) in [5.74, 6) is 0.571. The largest absolute Gasteiger partial charge is 0.370 e. The van der Waals surface area contributed by atoms with Crippen LogP contribution in [0.4, 0.5) is 5.69 Å². The highest BCUT2D eigenvalue weighted by atomic mass is 15.1. The summed E-state index contributed by atoms with van der Waals surface area (Å²) < 4.78 is 0. The second-order valence-electron chi connectivity index (χ2n) is 5.98. The van der Waals surface area contributed by atoms with Crippen LogP contribution in [0, 0.1) is 5.41 Å². The first-order chi connectivity index (χ1) is 9.22. The Morgan fingerprint density at radius 2 is 2.21 bits per heavy atom. The lowest BCUT2D eigenvalue weighted by atomic mass is 10.1. The van der Waals surface area contributed by atoms with Crippen molar-refractivity contribution in [2.45, 2.75) is 51.5 Å². The second-order valence-corrected chi connectivity index (χ2v) is 5.98. The van der Waals surface area contributed by atoms with Gasteiger partial charge in [-0.3, -0.25) is 0 Å². The molecule has 1 aromatic rings. The molecule has 2 fully saturated rings. The molecule has 0 saturated heterocycles. The average molecular weight is 257 g/mol. The van der Waals surface area contributed by atoms with Crippen molar-refractivity contribution in [2.24, 2.45) is 16.1 Å². The first kappa shape index (κ1) is 12.5. The number of nitrogens with zero attached hydrogens (tertiary/aromatic N) is 1. The fourth-order valence-electron chi connectivity index (χ4n) is 3.34. The molecule has 1 spiro atoms. The molecule has 0 aromatic heterocycles. The Hall–Kier alpha value is -1.51. The third-order valence-electron chi connectivity index (χ3n) is 4.65. The van der Waals surface area contributed by atoms with Crippen LogP contribution in [0.2, 0.25) is 0 Å². The van der Waals surface area contributed by atoms with Crippen molar-refractivity contribution < 1.29 is 0 Å². The minimum atomic E-state index is 0.469. The summed E-state index contributed by atoms with van der Waals surface area (Å²) in [5, 5.41) is 3.22. The maximum Gasteiger partial charge on any atom is 0.193 e. The van der Waals surface area contributed by atoms with Gasteiger partial charge >= 0.3 is 0 Å². The number of aliphatic imine (C=N–C) groups is 1. The fraction of sp³-hybridized carbons (Fsp3) is 0.562. The van der Waals surface area contributed by atoms with Gasteiger partial charge in [0, 0.05) is 5.69 Å². The van der Waals surface area contributed by atoms with E-state index in [9.17, 15) is 0 Å². The second kappa shape index (κ2) is 4.87. The highest BCUT2D eigenvalue weighted by Crippen LogP contribution is 2.59. The molecule has 0 amide bonds. The molecule has 3 rings (SSSR count). The minimum Gasteiger partial charge on any atom is -0.370 e. The quantitative estimate of drug-likeness (QED) is 0.644. The van der Waals surface area contributed by atoms with E-state index in [4.69, 9.17) is 5.73 Å². The molecule has 3 N–H and O–H groups in total. The molecule has 3 heteroatoms. The van der Waals surface area contributed by atoms with E-state index in [-0.39, 0.29) is 0 Å². The molecule has 2 saturated carbocycles. The molecular formula is C16H23N3. The van der Waals surface area contributed by atoms with Gasteiger partial charge in [0.25, 0.3) is 0 Å². The van der Waals surface area contributed by atoms with Crippen molar-refractivity contribution in [3.8, 4) is 0 Å². The van der Waals surface area contributed by atoms with Gasteiger partial charge in [-0.1, -0.05) is 31.9 Å². The fourth-order valence-corrected chi connectivity index (χ4v) is 3.34. The number of aryl methyl sites for hydroxylation is 1. The first-order valence-corrected chi connectivity index (χ1v) is 7.41. The molecule has 102 valence electrons.